The second-order valence-corrected chi connectivity index (χ2v) is 10.5. The van der Waals surface area contributed by atoms with Crippen LogP contribution in [0.25, 0.3) is 0 Å². The first-order valence-electron chi connectivity index (χ1n) is 12.3. The predicted molar refractivity (Wildman–Crippen MR) is 116 cm³/mol. The molecule has 4 bridgehead atoms. The molecule has 3 amide bonds. The molecule has 1 heterocycles. The highest BCUT2D eigenvalue weighted by Gasteiger charge is 2.57. The Morgan fingerprint density at radius 2 is 1.63 bits per heavy atom. The fourth-order valence-electron chi connectivity index (χ4n) is 7.19. The van der Waals surface area contributed by atoms with E-state index in [0.717, 1.165) is 62.7 Å². The van der Waals surface area contributed by atoms with Gasteiger partial charge in [-0.05, 0) is 82.0 Å². The van der Waals surface area contributed by atoms with Crippen LogP contribution in [0.15, 0.2) is 0 Å². The maximum atomic E-state index is 13.8. The average Bonchev–Trinajstić information content (AvgIpc) is 3.19. The van der Waals surface area contributed by atoms with E-state index < -0.39 is 0 Å². The van der Waals surface area contributed by atoms with Gasteiger partial charge in [0.1, 0.15) is 6.04 Å². The Kier molecular flexibility index (Phi) is 6.40. The highest BCUT2D eigenvalue weighted by atomic mass is 16.2. The first kappa shape index (κ1) is 21.6. The standard InChI is InChI=1S/C24H39N3O3/c1-3-7-25-21(28)16-26(8-4-2)22(29)20-6-5-9-27(20)23(30)24-13-17-10-18(14-24)12-19(11-17)15-24/h17-20H,3-16H2,1-2H3,(H,25,28). The number of nitrogens with one attached hydrogen (secondary N) is 1. The van der Waals surface area contributed by atoms with E-state index >= 15 is 0 Å². The lowest BCUT2D eigenvalue weighted by molar-refractivity contribution is -0.162. The maximum Gasteiger partial charge on any atom is 0.245 e. The van der Waals surface area contributed by atoms with Crippen LogP contribution in [0.2, 0.25) is 0 Å². The van der Waals surface area contributed by atoms with Crippen LogP contribution in [0, 0.1) is 23.2 Å². The molecule has 1 aliphatic heterocycles. The van der Waals surface area contributed by atoms with Crippen molar-refractivity contribution in [2.75, 3.05) is 26.2 Å². The number of carbonyl (C=O) groups is 3. The molecule has 1 N–H and O–H groups in total. The molecule has 5 fully saturated rings. The molecule has 168 valence electrons. The van der Waals surface area contributed by atoms with Gasteiger partial charge in [0.25, 0.3) is 0 Å². The molecule has 4 aliphatic carbocycles. The molecule has 4 saturated carbocycles. The third-order valence-corrected chi connectivity index (χ3v) is 8.00. The number of hydrogen-bond donors (Lipinski definition) is 1. The largest absolute Gasteiger partial charge is 0.355 e. The minimum Gasteiger partial charge on any atom is -0.355 e. The summed E-state index contributed by atoms with van der Waals surface area (Å²) in [6.07, 6.45) is 10.3. The Bertz CT molecular complexity index is 641. The van der Waals surface area contributed by atoms with Crippen molar-refractivity contribution >= 4 is 17.7 Å². The highest BCUT2D eigenvalue weighted by Crippen LogP contribution is 2.60. The smallest absolute Gasteiger partial charge is 0.245 e. The van der Waals surface area contributed by atoms with E-state index in [4.69, 9.17) is 0 Å². The summed E-state index contributed by atoms with van der Waals surface area (Å²) >= 11 is 0. The van der Waals surface area contributed by atoms with Crippen molar-refractivity contribution in [1.29, 1.82) is 0 Å². The molecule has 1 atom stereocenters. The van der Waals surface area contributed by atoms with Crippen LogP contribution in [0.3, 0.4) is 0 Å². The average molecular weight is 418 g/mol. The molecule has 0 aromatic heterocycles. The molecule has 1 unspecified atom stereocenters. The summed E-state index contributed by atoms with van der Waals surface area (Å²) < 4.78 is 0. The van der Waals surface area contributed by atoms with E-state index in [0.29, 0.717) is 19.6 Å². The fourth-order valence-corrected chi connectivity index (χ4v) is 7.19. The SMILES string of the molecule is CCCNC(=O)CN(CCC)C(=O)C1CCCN1C(=O)C12CC3CC(CC(C3)C1)C2. The molecule has 0 aromatic carbocycles. The number of rotatable bonds is 8. The number of carbonyl (C=O) groups excluding carboxylic acids is 3. The quantitative estimate of drug-likeness (QED) is 0.660. The topological polar surface area (TPSA) is 69.7 Å². The molecular weight excluding hydrogens is 378 g/mol. The molecule has 1 saturated heterocycles. The summed E-state index contributed by atoms with van der Waals surface area (Å²) in [6.45, 7) is 6.03. The van der Waals surface area contributed by atoms with Crippen LogP contribution in [0.5, 0.6) is 0 Å². The molecular formula is C24H39N3O3. The number of amides is 3. The Morgan fingerprint density at radius 3 is 2.20 bits per heavy atom. The lowest BCUT2D eigenvalue weighted by atomic mass is 9.49. The van der Waals surface area contributed by atoms with Crippen molar-refractivity contribution < 1.29 is 14.4 Å². The zero-order chi connectivity index (χ0) is 21.3. The molecule has 0 spiro atoms. The summed E-state index contributed by atoms with van der Waals surface area (Å²) in [4.78, 5) is 43.1. The number of likely N-dealkylation sites (tertiary alicyclic amines) is 1. The highest BCUT2D eigenvalue weighted by molar-refractivity contribution is 5.92. The van der Waals surface area contributed by atoms with Crippen molar-refractivity contribution in [3.63, 3.8) is 0 Å². The van der Waals surface area contributed by atoms with E-state index in [-0.39, 0.29) is 35.7 Å². The van der Waals surface area contributed by atoms with Crippen molar-refractivity contribution in [3.8, 4) is 0 Å². The van der Waals surface area contributed by atoms with Crippen LogP contribution < -0.4 is 5.32 Å². The van der Waals surface area contributed by atoms with Crippen LogP contribution in [0.1, 0.15) is 78.1 Å². The number of hydrogen-bond acceptors (Lipinski definition) is 3. The first-order chi connectivity index (χ1) is 14.5. The van der Waals surface area contributed by atoms with Crippen molar-refractivity contribution in [2.24, 2.45) is 23.2 Å². The molecule has 5 aliphatic rings. The zero-order valence-corrected chi connectivity index (χ0v) is 18.8. The summed E-state index contributed by atoms with van der Waals surface area (Å²) in [5, 5.41) is 2.88. The van der Waals surface area contributed by atoms with E-state index in [1.807, 2.05) is 18.7 Å². The van der Waals surface area contributed by atoms with Crippen LogP contribution in [-0.2, 0) is 14.4 Å². The van der Waals surface area contributed by atoms with Crippen molar-refractivity contribution in [3.05, 3.63) is 0 Å². The van der Waals surface area contributed by atoms with E-state index in [2.05, 4.69) is 5.32 Å². The van der Waals surface area contributed by atoms with Gasteiger partial charge in [0.15, 0.2) is 0 Å². The maximum absolute atomic E-state index is 13.8. The van der Waals surface area contributed by atoms with Gasteiger partial charge in [-0.25, -0.2) is 0 Å². The van der Waals surface area contributed by atoms with Gasteiger partial charge in [0.05, 0.1) is 12.0 Å². The third-order valence-electron chi connectivity index (χ3n) is 8.00. The Morgan fingerprint density at radius 1 is 1.00 bits per heavy atom. The normalized spacial score (nSPS) is 34.3. The van der Waals surface area contributed by atoms with Gasteiger partial charge in [-0.2, -0.15) is 0 Å². The molecule has 5 rings (SSSR count). The van der Waals surface area contributed by atoms with Gasteiger partial charge in [-0.1, -0.05) is 13.8 Å². The Hall–Kier alpha value is -1.59. The van der Waals surface area contributed by atoms with Crippen molar-refractivity contribution in [2.45, 2.75) is 84.1 Å². The third kappa shape index (κ3) is 4.11. The second kappa shape index (κ2) is 8.88. The van der Waals surface area contributed by atoms with Gasteiger partial charge in [0.2, 0.25) is 17.7 Å². The monoisotopic (exact) mass is 417 g/mol. The summed E-state index contributed by atoms with van der Waals surface area (Å²) in [6, 6.07) is -0.379. The lowest BCUT2D eigenvalue weighted by Crippen LogP contribution is -2.58. The fraction of sp³-hybridized carbons (Fsp3) is 0.875. The molecule has 6 heteroatoms. The van der Waals surface area contributed by atoms with Crippen LogP contribution in [0.4, 0.5) is 0 Å². The van der Waals surface area contributed by atoms with Crippen molar-refractivity contribution in [1.82, 2.24) is 15.1 Å². The van der Waals surface area contributed by atoms with E-state index in [9.17, 15) is 14.4 Å². The van der Waals surface area contributed by atoms with Crippen LogP contribution in [-0.4, -0.2) is 59.7 Å². The summed E-state index contributed by atoms with van der Waals surface area (Å²) in [5.41, 5.74) is -0.203. The lowest BCUT2D eigenvalue weighted by Gasteiger charge is -2.56. The second-order valence-electron chi connectivity index (χ2n) is 10.5. The Balaban J connectivity index is 1.46. The minimum atomic E-state index is -0.379. The van der Waals surface area contributed by atoms with E-state index in [1.54, 1.807) is 4.90 Å². The minimum absolute atomic E-state index is 0.0286. The van der Waals surface area contributed by atoms with Gasteiger partial charge in [-0.3, -0.25) is 14.4 Å². The molecule has 30 heavy (non-hydrogen) atoms. The van der Waals surface area contributed by atoms with E-state index in [1.165, 1.54) is 19.3 Å². The summed E-state index contributed by atoms with van der Waals surface area (Å²) in [5.74, 6) is 2.28. The zero-order valence-electron chi connectivity index (χ0n) is 18.8. The number of nitrogens with zero attached hydrogens (tertiary/aromatic N) is 2. The van der Waals surface area contributed by atoms with Gasteiger partial charge < -0.3 is 15.1 Å². The molecule has 0 radical (unpaired) electrons. The molecule has 0 aromatic rings. The van der Waals surface area contributed by atoms with Gasteiger partial charge in [0, 0.05) is 19.6 Å². The first-order valence-corrected chi connectivity index (χ1v) is 12.3. The van der Waals surface area contributed by atoms with Crippen LogP contribution >= 0.6 is 0 Å². The van der Waals surface area contributed by atoms with Gasteiger partial charge in [-0.15, -0.1) is 0 Å². The Labute approximate surface area is 181 Å². The molecule has 6 nitrogen and oxygen atoms in total. The summed E-state index contributed by atoms with van der Waals surface area (Å²) in [7, 11) is 0. The predicted octanol–water partition coefficient (Wildman–Crippen LogP) is 2.96. The van der Waals surface area contributed by atoms with Gasteiger partial charge >= 0.3 is 0 Å².